The van der Waals surface area contributed by atoms with Gasteiger partial charge in [0.1, 0.15) is 24.7 Å². The van der Waals surface area contributed by atoms with Crippen LogP contribution in [0.4, 0.5) is 0 Å². The number of hydrogen-bond acceptors (Lipinski definition) is 8. The van der Waals surface area contributed by atoms with E-state index in [-0.39, 0.29) is 24.7 Å². The van der Waals surface area contributed by atoms with Crippen molar-refractivity contribution in [2.45, 2.75) is 90.6 Å². The standard InChI is InChI=1S/C23H41N5O9/c1-6-12(4)18(24)22(36)27-15(9-11(2)3)21(35)26-14(7-8-16(30)31)20(34)28-19(13(5)29)23(37)25-10-17(32)33/h11-15,18-19,29H,6-10,24H2,1-5H3,(H,25,37)(H,26,35)(H,27,36)(H,28,34)(H,30,31)(H,32,33)/t12-,13+,14-,15-,18-,19-/m0/s1. The minimum atomic E-state index is -1.57. The van der Waals surface area contributed by atoms with Gasteiger partial charge in [0.25, 0.3) is 0 Å². The van der Waals surface area contributed by atoms with Gasteiger partial charge in [-0.05, 0) is 31.6 Å². The molecule has 0 saturated carbocycles. The van der Waals surface area contributed by atoms with Crippen LogP contribution in [-0.2, 0) is 28.8 Å². The molecule has 14 nitrogen and oxygen atoms in total. The predicted molar refractivity (Wildman–Crippen MR) is 132 cm³/mol. The molecule has 6 atom stereocenters. The Labute approximate surface area is 216 Å². The number of amides is 4. The first kappa shape index (κ1) is 33.7. The Bertz CT molecular complexity index is 818. The van der Waals surface area contributed by atoms with Crippen LogP contribution in [0.1, 0.15) is 60.3 Å². The first-order chi connectivity index (χ1) is 17.1. The number of aliphatic carboxylic acids is 2. The number of hydrogen-bond donors (Lipinski definition) is 8. The number of carbonyl (C=O) groups excluding carboxylic acids is 4. The molecule has 0 aromatic heterocycles. The summed E-state index contributed by atoms with van der Waals surface area (Å²) < 4.78 is 0. The lowest BCUT2D eigenvalue weighted by Gasteiger charge is -2.27. The number of aliphatic hydroxyl groups excluding tert-OH is 1. The highest BCUT2D eigenvalue weighted by atomic mass is 16.4. The summed E-state index contributed by atoms with van der Waals surface area (Å²) in [5.74, 6) is -6.05. The smallest absolute Gasteiger partial charge is 0.322 e. The van der Waals surface area contributed by atoms with Crippen molar-refractivity contribution in [3.8, 4) is 0 Å². The lowest BCUT2D eigenvalue weighted by molar-refractivity contribution is -0.139. The van der Waals surface area contributed by atoms with Crippen molar-refractivity contribution in [1.82, 2.24) is 21.3 Å². The first-order valence-electron chi connectivity index (χ1n) is 12.2. The maximum absolute atomic E-state index is 13.1. The van der Waals surface area contributed by atoms with Gasteiger partial charge < -0.3 is 42.3 Å². The van der Waals surface area contributed by atoms with Crippen LogP contribution in [0.2, 0.25) is 0 Å². The van der Waals surface area contributed by atoms with Gasteiger partial charge in [0.2, 0.25) is 23.6 Å². The molecule has 0 heterocycles. The fraction of sp³-hybridized carbons (Fsp3) is 0.739. The molecule has 14 heteroatoms. The van der Waals surface area contributed by atoms with Crippen LogP contribution in [0.3, 0.4) is 0 Å². The Morgan fingerprint density at radius 2 is 1.32 bits per heavy atom. The predicted octanol–water partition coefficient (Wildman–Crippen LogP) is -1.69. The molecule has 0 fully saturated rings. The van der Waals surface area contributed by atoms with Crippen LogP contribution in [0.15, 0.2) is 0 Å². The Balaban J connectivity index is 5.73. The molecule has 0 bridgehead atoms. The van der Waals surface area contributed by atoms with E-state index in [4.69, 9.17) is 15.9 Å². The number of carboxylic acids is 2. The number of carboxylic acid groups (broad SMARTS) is 2. The molecule has 0 unspecified atom stereocenters. The van der Waals surface area contributed by atoms with Gasteiger partial charge in [0.05, 0.1) is 12.1 Å². The third-order valence-electron chi connectivity index (χ3n) is 5.66. The van der Waals surface area contributed by atoms with E-state index in [1.54, 1.807) is 6.92 Å². The van der Waals surface area contributed by atoms with Gasteiger partial charge in [-0.1, -0.05) is 34.1 Å². The van der Waals surface area contributed by atoms with E-state index in [1.165, 1.54) is 6.92 Å². The highest BCUT2D eigenvalue weighted by Gasteiger charge is 2.33. The Morgan fingerprint density at radius 1 is 0.784 bits per heavy atom. The summed E-state index contributed by atoms with van der Waals surface area (Å²) in [6.07, 6.45) is -1.47. The summed E-state index contributed by atoms with van der Waals surface area (Å²) >= 11 is 0. The van der Waals surface area contributed by atoms with Crippen LogP contribution in [-0.4, -0.2) is 87.7 Å². The van der Waals surface area contributed by atoms with E-state index in [1.807, 2.05) is 26.1 Å². The maximum Gasteiger partial charge on any atom is 0.322 e. The lowest BCUT2D eigenvalue weighted by atomic mass is 9.97. The quantitative estimate of drug-likeness (QED) is 0.106. The summed E-state index contributed by atoms with van der Waals surface area (Å²) in [4.78, 5) is 72.7. The average molecular weight is 532 g/mol. The number of nitrogens with two attached hydrogens (primary N) is 1. The van der Waals surface area contributed by atoms with E-state index in [0.717, 1.165) is 0 Å². The molecular formula is C23H41N5O9. The number of aliphatic hydroxyl groups is 1. The molecule has 4 amide bonds. The molecule has 0 aliphatic carbocycles. The topological polar surface area (TPSA) is 237 Å². The number of carbonyl (C=O) groups is 6. The third-order valence-corrected chi connectivity index (χ3v) is 5.66. The number of nitrogens with one attached hydrogen (secondary N) is 4. The van der Waals surface area contributed by atoms with Crippen LogP contribution in [0, 0.1) is 11.8 Å². The van der Waals surface area contributed by atoms with Crippen LogP contribution < -0.4 is 27.0 Å². The highest BCUT2D eigenvalue weighted by Crippen LogP contribution is 2.10. The minimum absolute atomic E-state index is 0.0419. The molecule has 0 aliphatic rings. The van der Waals surface area contributed by atoms with Crippen molar-refractivity contribution in [2.75, 3.05) is 6.54 Å². The molecule has 9 N–H and O–H groups in total. The molecular weight excluding hydrogens is 490 g/mol. The summed E-state index contributed by atoms with van der Waals surface area (Å²) in [5, 5.41) is 37.0. The Kier molecular flexibility index (Phi) is 15.0. The van der Waals surface area contributed by atoms with Crippen LogP contribution in [0.5, 0.6) is 0 Å². The fourth-order valence-electron chi connectivity index (χ4n) is 3.22. The lowest BCUT2D eigenvalue weighted by Crippen LogP contribution is -2.60. The molecule has 0 rings (SSSR count). The number of rotatable bonds is 17. The fourth-order valence-corrected chi connectivity index (χ4v) is 3.22. The van der Waals surface area contributed by atoms with Gasteiger partial charge in [-0.15, -0.1) is 0 Å². The van der Waals surface area contributed by atoms with Gasteiger partial charge in [-0.25, -0.2) is 0 Å². The normalized spacial score (nSPS) is 15.9. The van der Waals surface area contributed by atoms with E-state index in [0.29, 0.717) is 6.42 Å². The van der Waals surface area contributed by atoms with Crippen molar-refractivity contribution in [2.24, 2.45) is 17.6 Å². The van der Waals surface area contributed by atoms with E-state index >= 15 is 0 Å². The van der Waals surface area contributed by atoms with Crippen molar-refractivity contribution in [3.63, 3.8) is 0 Å². The van der Waals surface area contributed by atoms with E-state index in [9.17, 15) is 33.9 Å². The Hall–Kier alpha value is -3.26. The molecule has 0 spiro atoms. The minimum Gasteiger partial charge on any atom is -0.481 e. The largest absolute Gasteiger partial charge is 0.481 e. The molecule has 212 valence electrons. The van der Waals surface area contributed by atoms with Gasteiger partial charge in [-0.3, -0.25) is 28.8 Å². The first-order valence-corrected chi connectivity index (χ1v) is 12.2. The zero-order valence-corrected chi connectivity index (χ0v) is 21.9. The summed E-state index contributed by atoms with van der Waals surface area (Å²) in [5.41, 5.74) is 5.96. The molecule has 0 saturated heterocycles. The van der Waals surface area contributed by atoms with Gasteiger partial charge in [-0.2, -0.15) is 0 Å². The monoisotopic (exact) mass is 531 g/mol. The second-order valence-corrected chi connectivity index (χ2v) is 9.43. The van der Waals surface area contributed by atoms with Gasteiger partial charge >= 0.3 is 11.9 Å². The van der Waals surface area contributed by atoms with E-state index < -0.39 is 78.8 Å². The molecule has 0 radical (unpaired) electrons. The van der Waals surface area contributed by atoms with Crippen molar-refractivity contribution >= 4 is 35.6 Å². The van der Waals surface area contributed by atoms with Crippen LogP contribution >= 0.6 is 0 Å². The Morgan fingerprint density at radius 3 is 1.78 bits per heavy atom. The zero-order valence-electron chi connectivity index (χ0n) is 21.9. The summed E-state index contributed by atoms with van der Waals surface area (Å²) in [6, 6.07) is -4.95. The molecule has 0 aliphatic heterocycles. The summed E-state index contributed by atoms with van der Waals surface area (Å²) in [6.45, 7) is 7.72. The highest BCUT2D eigenvalue weighted by molar-refractivity contribution is 5.95. The van der Waals surface area contributed by atoms with E-state index in [2.05, 4.69) is 16.0 Å². The molecule has 37 heavy (non-hydrogen) atoms. The van der Waals surface area contributed by atoms with Crippen LogP contribution in [0.25, 0.3) is 0 Å². The second-order valence-electron chi connectivity index (χ2n) is 9.43. The maximum atomic E-state index is 13.1. The molecule has 0 aromatic carbocycles. The molecule has 0 aromatic rings. The van der Waals surface area contributed by atoms with Crippen molar-refractivity contribution in [1.29, 1.82) is 0 Å². The van der Waals surface area contributed by atoms with Crippen molar-refractivity contribution < 1.29 is 44.1 Å². The van der Waals surface area contributed by atoms with Crippen molar-refractivity contribution in [3.05, 3.63) is 0 Å². The summed E-state index contributed by atoms with van der Waals surface area (Å²) in [7, 11) is 0. The van der Waals surface area contributed by atoms with Gasteiger partial charge in [0, 0.05) is 6.42 Å². The third kappa shape index (κ3) is 13.0. The average Bonchev–Trinajstić information content (AvgIpc) is 2.80. The SMILES string of the molecule is CC[C@H](C)[C@H](N)C(=O)N[C@@H](CC(C)C)C(=O)N[C@@H](CCC(=O)O)C(=O)N[C@H](C(=O)NCC(=O)O)[C@@H](C)O. The second kappa shape index (κ2) is 16.5. The van der Waals surface area contributed by atoms with Gasteiger partial charge in [0.15, 0.2) is 0 Å². The zero-order chi connectivity index (χ0) is 28.9.